The molecule has 0 fully saturated rings. The monoisotopic (exact) mass is 425 g/mol. The average Bonchev–Trinajstić information content (AvgIpc) is 3.24. The van der Waals surface area contributed by atoms with Gasteiger partial charge < -0.3 is 14.5 Å². The number of aromatic nitrogens is 2. The van der Waals surface area contributed by atoms with E-state index < -0.39 is 0 Å². The minimum Gasteiger partial charge on any atom is -0.496 e. The standard InChI is InChI=1S/C23H27N3O3S/c1-16-8-10-18(11-9-16)23-26-25-22(29-23)13-12-21(27)24-14-17(2)15-30-20-7-5-4-6-19(20)28-3/h4-11,17H,12-15H2,1-3H3,(H,24,27). The summed E-state index contributed by atoms with van der Waals surface area (Å²) in [6, 6.07) is 15.9. The first kappa shape index (κ1) is 21.9. The second kappa shape index (κ2) is 10.8. The zero-order chi connectivity index (χ0) is 21.3. The smallest absolute Gasteiger partial charge is 0.247 e. The molecule has 1 unspecified atom stereocenters. The lowest BCUT2D eigenvalue weighted by atomic mass is 10.1. The van der Waals surface area contributed by atoms with E-state index in [9.17, 15) is 4.79 Å². The molecule has 1 amide bonds. The molecule has 0 saturated heterocycles. The van der Waals surface area contributed by atoms with Crippen LogP contribution in [0, 0.1) is 12.8 Å². The number of aryl methyl sites for hydroxylation is 2. The lowest BCUT2D eigenvalue weighted by molar-refractivity contribution is -0.121. The maximum absolute atomic E-state index is 12.2. The van der Waals surface area contributed by atoms with Crippen molar-refractivity contribution in [3.05, 3.63) is 60.0 Å². The summed E-state index contributed by atoms with van der Waals surface area (Å²) in [6.45, 7) is 4.77. The quantitative estimate of drug-likeness (QED) is 0.481. The van der Waals surface area contributed by atoms with Crippen LogP contribution in [0.2, 0.25) is 0 Å². The van der Waals surface area contributed by atoms with Gasteiger partial charge >= 0.3 is 0 Å². The van der Waals surface area contributed by atoms with Crippen molar-refractivity contribution in [3.63, 3.8) is 0 Å². The Morgan fingerprint density at radius 2 is 1.93 bits per heavy atom. The van der Waals surface area contributed by atoms with Crippen LogP contribution in [0.5, 0.6) is 5.75 Å². The van der Waals surface area contributed by atoms with E-state index in [2.05, 4.69) is 22.4 Å². The summed E-state index contributed by atoms with van der Waals surface area (Å²) in [7, 11) is 1.68. The highest BCUT2D eigenvalue weighted by Crippen LogP contribution is 2.29. The number of nitrogens with zero attached hydrogens (tertiary/aromatic N) is 2. The van der Waals surface area contributed by atoms with Crippen molar-refractivity contribution in [1.29, 1.82) is 0 Å². The van der Waals surface area contributed by atoms with Crippen molar-refractivity contribution in [2.75, 3.05) is 19.4 Å². The number of nitrogens with one attached hydrogen (secondary N) is 1. The van der Waals surface area contributed by atoms with Gasteiger partial charge in [-0.25, -0.2) is 0 Å². The summed E-state index contributed by atoms with van der Waals surface area (Å²) in [4.78, 5) is 13.3. The number of ether oxygens (including phenoxy) is 1. The number of amides is 1. The molecule has 0 bridgehead atoms. The van der Waals surface area contributed by atoms with Crippen LogP contribution in [0.25, 0.3) is 11.5 Å². The Labute approximate surface area is 181 Å². The van der Waals surface area contributed by atoms with Crippen molar-refractivity contribution < 1.29 is 13.9 Å². The van der Waals surface area contributed by atoms with E-state index in [0.29, 0.717) is 37.1 Å². The summed E-state index contributed by atoms with van der Waals surface area (Å²) < 4.78 is 11.1. The summed E-state index contributed by atoms with van der Waals surface area (Å²) in [5.74, 6) is 3.04. The van der Waals surface area contributed by atoms with E-state index in [0.717, 1.165) is 22.0 Å². The molecule has 30 heavy (non-hydrogen) atoms. The van der Waals surface area contributed by atoms with E-state index in [4.69, 9.17) is 9.15 Å². The average molecular weight is 426 g/mol. The van der Waals surface area contributed by atoms with Gasteiger partial charge in [-0.2, -0.15) is 0 Å². The van der Waals surface area contributed by atoms with Crippen LogP contribution in [0.1, 0.15) is 24.8 Å². The molecular weight excluding hydrogens is 398 g/mol. The molecule has 0 saturated carbocycles. The molecule has 1 atom stereocenters. The van der Waals surface area contributed by atoms with Crippen molar-refractivity contribution in [1.82, 2.24) is 15.5 Å². The molecule has 2 aromatic carbocycles. The topological polar surface area (TPSA) is 77.2 Å². The highest BCUT2D eigenvalue weighted by molar-refractivity contribution is 7.99. The minimum absolute atomic E-state index is 0.0146. The number of para-hydroxylation sites is 1. The van der Waals surface area contributed by atoms with Gasteiger partial charge in [0.15, 0.2) is 0 Å². The van der Waals surface area contributed by atoms with E-state index in [1.165, 1.54) is 5.56 Å². The van der Waals surface area contributed by atoms with Gasteiger partial charge in [-0.3, -0.25) is 4.79 Å². The third kappa shape index (κ3) is 6.35. The predicted molar refractivity (Wildman–Crippen MR) is 119 cm³/mol. The summed E-state index contributed by atoms with van der Waals surface area (Å²) in [5.41, 5.74) is 2.05. The third-order valence-corrected chi connectivity index (χ3v) is 5.96. The van der Waals surface area contributed by atoms with Gasteiger partial charge in [-0.05, 0) is 37.1 Å². The molecule has 1 N–H and O–H groups in total. The number of methoxy groups -OCH3 is 1. The van der Waals surface area contributed by atoms with Crippen LogP contribution in [0.3, 0.4) is 0 Å². The molecule has 0 radical (unpaired) electrons. The third-order valence-electron chi connectivity index (χ3n) is 4.57. The second-order valence-corrected chi connectivity index (χ2v) is 8.30. The van der Waals surface area contributed by atoms with Gasteiger partial charge in [0.2, 0.25) is 17.7 Å². The second-order valence-electron chi connectivity index (χ2n) is 7.24. The molecule has 6 nitrogen and oxygen atoms in total. The van der Waals surface area contributed by atoms with Gasteiger partial charge in [0.05, 0.1) is 7.11 Å². The SMILES string of the molecule is COc1ccccc1SCC(C)CNC(=O)CCc1nnc(-c2ccc(C)cc2)o1. The molecule has 3 aromatic rings. The van der Waals surface area contributed by atoms with E-state index >= 15 is 0 Å². The largest absolute Gasteiger partial charge is 0.496 e. The molecular formula is C23H27N3O3S. The van der Waals surface area contributed by atoms with Gasteiger partial charge in [-0.15, -0.1) is 22.0 Å². The number of thioether (sulfide) groups is 1. The van der Waals surface area contributed by atoms with E-state index in [1.807, 2.05) is 55.5 Å². The fourth-order valence-corrected chi connectivity index (χ4v) is 3.84. The van der Waals surface area contributed by atoms with Crippen LogP contribution >= 0.6 is 11.8 Å². The molecule has 7 heteroatoms. The Balaban J connectivity index is 1.39. The summed E-state index contributed by atoms with van der Waals surface area (Å²) in [6.07, 6.45) is 0.747. The van der Waals surface area contributed by atoms with Crippen LogP contribution in [0.15, 0.2) is 57.8 Å². The number of hydrogen-bond donors (Lipinski definition) is 1. The first-order chi connectivity index (χ1) is 14.5. The summed E-state index contributed by atoms with van der Waals surface area (Å²) in [5, 5.41) is 11.1. The van der Waals surface area contributed by atoms with Crippen molar-refractivity contribution in [3.8, 4) is 17.2 Å². The molecule has 3 rings (SSSR count). The van der Waals surface area contributed by atoms with Crippen LogP contribution in [-0.4, -0.2) is 35.5 Å². The van der Waals surface area contributed by atoms with Crippen molar-refractivity contribution in [2.45, 2.75) is 31.6 Å². The predicted octanol–water partition coefficient (Wildman–Crippen LogP) is 4.53. The molecule has 0 spiro atoms. The fourth-order valence-electron chi connectivity index (χ4n) is 2.79. The van der Waals surface area contributed by atoms with Crippen molar-refractivity contribution >= 4 is 17.7 Å². The fraction of sp³-hybridized carbons (Fsp3) is 0.348. The Hall–Kier alpha value is -2.80. The highest BCUT2D eigenvalue weighted by atomic mass is 32.2. The number of hydrogen-bond acceptors (Lipinski definition) is 6. The van der Waals surface area contributed by atoms with Gasteiger partial charge in [-0.1, -0.05) is 36.8 Å². The highest BCUT2D eigenvalue weighted by Gasteiger charge is 2.12. The number of carbonyl (C=O) groups is 1. The van der Waals surface area contributed by atoms with Gasteiger partial charge in [0, 0.05) is 35.6 Å². The summed E-state index contributed by atoms with van der Waals surface area (Å²) >= 11 is 1.73. The molecule has 0 aliphatic heterocycles. The van der Waals surface area contributed by atoms with E-state index in [1.54, 1.807) is 18.9 Å². The Kier molecular flexibility index (Phi) is 7.90. The van der Waals surface area contributed by atoms with Crippen LogP contribution in [0.4, 0.5) is 0 Å². The molecule has 1 aromatic heterocycles. The Morgan fingerprint density at radius 1 is 1.17 bits per heavy atom. The molecule has 0 aliphatic rings. The first-order valence-electron chi connectivity index (χ1n) is 9.97. The number of benzene rings is 2. The maximum Gasteiger partial charge on any atom is 0.247 e. The van der Waals surface area contributed by atoms with Gasteiger partial charge in [0.1, 0.15) is 5.75 Å². The minimum atomic E-state index is -0.0146. The lowest BCUT2D eigenvalue weighted by Crippen LogP contribution is -2.29. The zero-order valence-electron chi connectivity index (χ0n) is 17.6. The number of carbonyl (C=O) groups excluding carboxylic acids is 1. The normalized spacial score (nSPS) is 11.8. The van der Waals surface area contributed by atoms with Crippen molar-refractivity contribution in [2.24, 2.45) is 5.92 Å². The van der Waals surface area contributed by atoms with Crippen LogP contribution in [-0.2, 0) is 11.2 Å². The molecule has 158 valence electrons. The van der Waals surface area contributed by atoms with Gasteiger partial charge in [0.25, 0.3) is 0 Å². The van der Waals surface area contributed by atoms with Crippen LogP contribution < -0.4 is 10.1 Å². The Bertz CT molecular complexity index is 956. The first-order valence-corrected chi connectivity index (χ1v) is 11.0. The molecule has 1 heterocycles. The Morgan fingerprint density at radius 3 is 2.70 bits per heavy atom. The zero-order valence-corrected chi connectivity index (χ0v) is 18.4. The molecule has 0 aliphatic carbocycles. The maximum atomic E-state index is 12.2. The number of rotatable bonds is 10. The lowest BCUT2D eigenvalue weighted by Gasteiger charge is -2.13. The van der Waals surface area contributed by atoms with E-state index in [-0.39, 0.29) is 5.91 Å².